The van der Waals surface area contributed by atoms with Crippen LogP contribution in [0.25, 0.3) is 0 Å². The average Bonchev–Trinajstić information content (AvgIpc) is 2.63. The Kier molecular flexibility index (Phi) is 3.84. The lowest BCUT2D eigenvalue weighted by molar-refractivity contribution is 0.176. The summed E-state index contributed by atoms with van der Waals surface area (Å²) in [4.78, 5) is 2.48. The molecule has 5 nitrogen and oxygen atoms in total. The number of hydrogen-bond donors (Lipinski definition) is 2. The SMILES string of the molecule is NCCS(=O)(=O)NC1CCN2CCCC2C1. The summed E-state index contributed by atoms with van der Waals surface area (Å²) in [5.74, 6) is 0.0396. The van der Waals surface area contributed by atoms with Gasteiger partial charge in [-0.2, -0.15) is 0 Å². The van der Waals surface area contributed by atoms with Gasteiger partial charge in [0.05, 0.1) is 5.75 Å². The van der Waals surface area contributed by atoms with Gasteiger partial charge in [-0.25, -0.2) is 13.1 Å². The largest absolute Gasteiger partial charge is 0.329 e. The van der Waals surface area contributed by atoms with Crippen molar-refractivity contribution in [2.45, 2.75) is 37.8 Å². The number of nitrogens with one attached hydrogen (secondary N) is 1. The normalized spacial score (nSPS) is 31.6. The molecule has 0 radical (unpaired) electrons. The molecule has 0 aliphatic carbocycles. The molecule has 0 bridgehead atoms. The second-order valence-corrected chi connectivity index (χ2v) is 6.65. The van der Waals surface area contributed by atoms with Crippen molar-refractivity contribution in [1.29, 1.82) is 0 Å². The summed E-state index contributed by atoms with van der Waals surface area (Å²) in [5, 5.41) is 0. The minimum absolute atomic E-state index is 0.0396. The smallest absolute Gasteiger partial charge is 0.213 e. The van der Waals surface area contributed by atoms with Gasteiger partial charge in [0.2, 0.25) is 10.0 Å². The lowest BCUT2D eigenvalue weighted by Gasteiger charge is -2.34. The molecule has 94 valence electrons. The van der Waals surface area contributed by atoms with Crippen LogP contribution >= 0.6 is 0 Å². The Morgan fingerprint density at radius 2 is 2.12 bits per heavy atom. The van der Waals surface area contributed by atoms with E-state index in [2.05, 4.69) is 9.62 Å². The molecule has 2 fully saturated rings. The molecular weight excluding hydrogens is 226 g/mol. The number of nitrogens with zero attached hydrogens (tertiary/aromatic N) is 1. The van der Waals surface area contributed by atoms with Gasteiger partial charge in [-0.15, -0.1) is 0 Å². The fraction of sp³-hybridized carbons (Fsp3) is 1.00. The third kappa shape index (κ3) is 2.94. The van der Waals surface area contributed by atoms with E-state index in [-0.39, 0.29) is 18.3 Å². The summed E-state index contributed by atoms with van der Waals surface area (Å²) in [6, 6.07) is 0.718. The molecule has 2 aliphatic rings. The molecule has 2 rings (SSSR count). The van der Waals surface area contributed by atoms with Gasteiger partial charge >= 0.3 is 0 Å². The quantitative estimate of drug-likeness (QED) is 0.702. The molecule has 16 heavy (non-hydrogen) atoms. The van der Waals surface area contributed by atoms with Gasteiger partial charge in [0.25, 0.3) is 0 Å². The van der Waals surface area contributed by atoms with Crippen LogP contribution in [0.1, 0.15) is 25.7 Å². The van der Waals surface area contributed by atoms with Crippen LogP contribution in [0.15, 0.2) is 0 Å². The number of piperidine rings is 1. The first kappa shape index (κ1) is 12.3. The lowest BCUT2D eigenvalue weighted by atomic mass is 9.99. The first-order valence-corrected chi connectivity index (χ1v) is 7.70. The van der Waals surface area contributed by atoms with Gasteiger partial charge in [0.1, 0.15) is 0 Å². The molecule has 0 aromatic heterocycles. The molecule has 2 aliphatic heterocycles. The van der Waals surface area contributed by atoms with E-state index >= 15 is 0 Å². The van der Waals surface area contributed by atoms with Crippen molar-refractivity contribution in [2.24, 2.45) is 5.73 Å². The fourth-order valence-electron chi connectivity index (χ4n) is 2.80. The fourth-order valence-corrected chi connectivity index (χ4v) is 3.95. The molecule has 0 saturated carbocycles. The minimum atomic E-state index is -3.15. The summed E-state index contributed by atoms with van der Waals surface area (Å²) >= 11 is 0. The molecule has 2 atom stereocenters. The van der Waals surface area contributed by atoms with Crippen LogP contribution in [0.2, 0.25) is 0 Å². The van der Waals surface area contributed by atoms with E-state index in [1.807, 2.05) is 0 Å². The monoisotopic (exact) mass is 247 g/mol. The Hall–Kier alpha value is -0.170. The highest BCUT2D eigenvalue weighted by Gasteiger charge is 2.32. The number of rotatable bonds is 4. The van der Waals surface area contributed by atoms with E-state index in [0.29, 0.717) is 6.04 Å². The van der Waals surface area contributed by atoms with Crippen molar-refractivity contribution >= 4 is 10.0 Å². The highest BCUT2D eigenvalue weighted by Crippen LogP contribution is 2.26. The lowest BCUT2D eigenvalue weighted by Crippen LogP contribution is -2.48. The Morgan fingerprint density at radius 1 is 1.31 bits per heavy atom. The molecule has 0 spiro atoms. The first-order chi connectivity index (χ1) is 7.61. The van der Waals surface area contributed by atoms with Crippen molar-refractivity contribution in [2.75, 3.05) is 25.4 Å². The second kappa shape index (κ2) is 5.00. The summed E-state index contributed by atoms with van der Waals surface area (Å²) in [5.41, 5.74) is 5.28. The Bertz CT molecular complexity index is 331. The maximum atomic E-state index is 11.6. The van der Waals surface area contributed by atoms with Crippen molar-refractivity contribution in [3.63, 3.8) is 0 Å². The highest BCUT2D eigenvalue weighted by molar-refractivity contribution is 7.89. The minimum Gasteiger partial charge on any atom is -0.329 e. The Morgan fingerprint density at radius 3 is 2.88 bits per heavy atom. The van der Waals surface area contributed by atoms with Crippen LogP contribution in [0.3, 0.4) is 0 Å². The van der Waals surface area contributed by atoms with Gasteiger partial charge < -0.3 is 10.6 Å². The topological polar surface area (TPSA) is 75.4 Å². The number of hydrogen-bond acceptors (Lipinski definition) is 4. The predicted octanol–water partition coefficient (Wildman–Crippen LogP) is -0.509. The molecule has 0 aromatic rings. The van der Waals surface area contributed by atoms with Crippen molar-refractivity contribution in [1.82, 2.24) is 9.62 Å². The number of sulfonamides is 1. The van der Waals surface area contributed by atoms with E-state index in [1.165, 1.54) is 19.4 Å². The zero-order valence-corrected chi connectivity index (χ0v) is 10.4. The van der Waals surface area contributed by atoms with Crippen LogP contribution in [-0.2, 0) is 10.0 Å². The molecule has 6 heteroatoms. The van der Waals surface area contributed by atoms with Gasteiger partial charge in [0.15, 0.2) is 0 Å². The number of nitrogens with two attached hydrogens (primary N) is 1. The molecule has 0 aromatic carbocycles. The third-order valence-corrected chi connectivity index (χ3v) is 5.02. The van der Waals surface area contributed by atoms with E-state index in [9.17, 15) is 8.42 Å². The number of fused-ring (bicyclic) bond motifs is 1. The van der Waals surface area contributed by atoms with Gasteiger partial charge in [-0.05, 0) is 38.8 Å². The van der Waals surface area contributed by atoms with E-state index in [4.69, 9.17) is 5.73 Å². The Balaban J connectivity index is 1.87. The van der Waals surface area contributed by atoms with Gasteiger partial charge in [-0.1, -0.05) is 0 Å². The molecular formula is C10H21N3O2S. The van der Waals surface area contributed by atoms with Crippen molar-refractivity contribution in [3.05, 3.63) is 0 Å². The average molecular weight is 247 g/mol. The summed E-state index contributed by atoms with van der Waals surface area (Å²) in [6.45, 7) is 2.41. The summed E-state index contributed by atoms with van der Waals surface area (Å²) < 4.78 is 25.9. The summed E-state index contributed by atoms with van der Waals surface area (Å²) in [6.07, 6.45) is 4.37. The van der Waals surface area contributed by atoms with E-state index in [1.54, 1.807) is 0 Å². The Labute approximate surface area is 97.4 Å². The van der Waals surface area contributed by atoms with Crippen LogP contribution in [0.5, 0.6) is 0 Å². The van der Waals surface area contributed by atoms with Gasteiger partial charge in [-0.3, -0.25) is 0 Å². The van der Waals surface area contributed by atoms with Crippen LogP contribution in [0, 0.1) is 0 Å². The van der Waals surface area contributed by atoms with Gasteiger partial charge in [0, 0.05) is 18.6 Å². The zero-order chi connectivity index (χ0) is 11.6. The van der Waals surface area contributed by atoms with Crippen LogP contribution in [-0.4, -0.2) is 50.8 Å². The highest BCUT2D eigenvalue weighted by atomic mass is 32.2. The maximum Gasteiger partial charge on any atom is 0.213 e. The van der Waals surface area contributed by atoms with Crippen molar-refractivity contribution in [3.8, 4) is 0 Å². The molecule has 2 heterocycles. The second-order valence-electron chi connectivity index (χ2n) is 4.78. The molecule has 0 amide bonds. The molecule has 2 unspecified atom stereocenters. The van der Waals surface area contributed by atoms with E-state index in [0.717, 1.165) is 19.4 Å². The standard InChI is InChI=1S/C10H21N3O2S/c11-4-7-16(14,15)12-9-3-6-13-5-1-2-10(13)8-9/h9-10,12H,1-8,11H2. The summed E-state index contributed by atoms with van der Waals surface area (Å²) in [7, 11) is -3.15. The van der Waals surface area contributed by atoms with Crippen LogP contribution < -0.4 is 10.5 Å². The maximum absolute atomic E-state index is 11.6. The predicted molar refractivity (Wildman–Crippen MR) is 63.6 cm³/mol. The van der Waals surface area contributed by atoms with E-state index < -0.39 is 10.0 Å². The third-order valence-electron chi connectivity index (χ3n) is 3.55. The van der Waals surface area contributed by atoms with Crippen molar-refractivity contribution < 1.29 is 8.42 Å². The zero-order valence-electron chi connectivity index (χ0n) is 9.56. The van der Waals surface area contributed by atoms with Crippen LogP contribution in [0.4, 0.5) is 0 Å². The molecule has 2 saturated heterocycles. The first-order valence-electron chi connectivity index (χ1n) is 6.05. The molecule has 3 N–H and O–H groups in total.